The molecule has 0 atom stereocenters. The topological polar surface area (TPSA) is 126 Å². The minimum Gasteiger partial charge on any atom is -0.490 e. The third-order valence-electron chi connectivity index (χ3n) is 5.85. The highest BCUT2D eigenvalue weighted by atomic mass is 19.1. The van der Waals surface area contributed by atoms with Gasteiger partial charge in [0.1, 0.15) is 23.5 Å². The lowest BCUT2D eigenvalue weighted by Crippen LogP contribution is -2.56. The first kappa shape index (κ1) is 18.5. The van der Waals surface area contributed by atoms with Crippen molar-refractivity contribution in [2.24, 2.45) is 11.1 Å². The van der Waals surface area contributed by atoms with Crippen LogP contribution in [0.4, 0.5) is 16.0 Å². The summed E-state index contributed by atoms with van der Waals surface area (Å²) in [5.74, 6) is 0.979. The normalized spacial score (nSPS) is 24.6. The van der Waals surface area contributed by atoms with Crippen molar-refractivity contribution in [1.29, 1.82) is 5.26 Å². The zero-order chi connectivity index (χ0) is 20.7. The highest BCUT2D eigenvalue weighted by Gasteiger charge is 2.52. The third-order valence-corrected chi connectivity index (χ3v) is 5.85. The van der Waals surface area contributed by atoms with Crippen LogP contribution < -0.4 is 15.8 Å². The summed E-state index contributed by atoms with van der Waals surface area (Å²) < 4.78 is 20.8. The number of halogens is 1. The fraction of sp³-hybridized carbons (Fsp3) is 0.333. The van der Waals surface area contributed by atoms with E-state index >= 15 is 0 Å². The molecule has 0 unspecified atom stereocenters. The molecule has 2 fully saturated rings. The number of nitrogens with zero attached hydrogens (tertiary/aromatic N) is 4. The van der Waals surface area contributed by atoms with Crippen LogP contribution in [0.2, 0.25) is 0 Å². The average Bonchev–Trinajstić information content (AvgIpc) is 3.14. The average molecular weight is 405 g/mol. The molecule has 0 saturated heterocycles. The molecule has 5 rings (SSSR count). The van der Waals surface area contributed by atoms with Crippen LogP contribution >= 0.6 is 0 Å². The summed E-state index contributed by atoms with van der Waals surface area (Å²) in [6, 6.07) is 8.72. The Hall–Kier alpha value is -3.51. The van der Waals surface area contributed by atoms with Crippen LogP contribution in [0.5, 0.6) is 5.75 Å². The highest BCUT2D eigenvalue weighted by molar-refractivity contribution is 5.71. The van der Waals surface area contributed by atoms with Crippen molar-refractivity contribution in [2.45, 2.75) is 37.8 Å². The number of aromatic amines is 1. The predicted octanol–water partition coefficient (Wildman–Crippen LogP) is 3.27. The van der Waals surface area contributed by atoms with E-state index in [0.29, 0.717) is 40.1 Å². The van der Waals surface area contributed by atoms with Crippen molar-refractivity contribution in [1.82, 2.24) is 20.2 Å². The van der Waals surface area contributed by atoms with Crippen LogP contribution in [0, 0.1) is 22.6 Å². The van der Waals surface area contributed by atoms with Gasteiger partial charge in [0.2, 0.25) is 0 Å². The number of anilines is 2. The molecule has 1 spiro atoms. The lowest BCUT2D eigenvalue weighted by molar-refractivity contribution is -0.0780. The molecule has 2 heterocycles. The van der Waals surface area contributed by atoms with Crippen LogP contribution in [0.25, 0.3) is 11.3 Å². The molecule has 0 aliphatic heterocycles. The minimum absolute atomic E-state index is 0.0764. The van der Waals surface area contributed by atoms with Crippen LogP contribution in [-0.4, -0.2) is 32.3 Å². The van der Waals surface area contributed by atoms with Gasteiger partial charge in [-0.15, -0.1) is 0 Å². The fourth-order valence-electron chi connectivity index (χ4n) is 4.51. The molecule has 30 heavy (non-hydrogen) atoms. The summed E-state index contributed by atoms with van der Waals surface area (Å²) in [4.78, 5) is 8.05. The van der Waals surface area contributed by atoms with Crippen LogP contribution in [-0.2, 0) is 0 Å². The Balaban J connectivity index is 1.32. The summed E-state index contributed by atoms with van der Waals surface area (Å²) in [6.45, 7) is 0. The Morgan fingerprint density at radius 3 is 2.73 bits per heavy atom. The number of rotatable bonds is 5. The Morgan fingerprint density at radius 2 is 2.03 bits per heavy atom. The van der Waals surface area contributed by atoms with E-state index in [4.69, 9.17) is 15.7 Å². The number of hydrogen-bond donors (Lipinski definition) is 3. The number of nitriles is 1. The Morgan fingerprint density at radius 1 is 1.20 bits per heavy atom. The minimum atomic E-state index is -0.388. The van der Waals surface area contributed by atoms with Gasteiger partial charge >= 0.3 is 0 Å². The highest BCUT2D eigenvalue weighted by Crippen LogP contribution is 2.56. The van der Waals surface area contributed by atoms with Crippen molar-refractivity contribution in [3.05, 3.63) is 48.2 Å². The van der Waals surface area contributed by atoms with Crippen molar-refractivity contribution >= 4 is 11.6 Å². The lowest BCUT2D eigenvalue weighted by Gasteiger charge is -2.56. The maximum absolute atomic E-state index is 14.7. The third kappa shape index (κ3) is 3.35. The number of benzene rings is 1. The Bertz CT molecular complexity index is 1110. The SMILES string of the molecule is N#Cc1cnc(Nc2cc(-c3c(F)cccc3OC3CC4(CC(N)C4)C3)[nH]n2)cn1. The second-order valence-corrected chi connectivity index (χ2v) is 8.12. The lowest BCUT2D eigenvalue weighted by atomic mass is 9.53. The quantitative estimate of drug-likeness (QED) is 0.595. The second kappa shape index (κ2) is 7.07. The van der Waals surface area contributed by atoms with Gasteiger partial charge in [-0.3, -0.25) is 5.10 Å². The van der Waals surface area contributed by atoms with Crippen LogP contribution in [0.3, 0.4) is 0 Å². The predicted molar refractivity (Wildman–Crippen MR) is 107 cm³/mol. The second-order valence-electron chi connectivity index (χ2n) is 8.12. The molecule has 2 aliphatic rings. The van der Waals surface area contributed by atoms with E-state index in [1.165, 1.54) is 18.5 Å². The van der Waals surface area contributed by atoms with Gasteiger partial charge < -0.3 is 15.8 Å². The number of ether oxygens (including phenoxy) is 1. The van der Waals surface area contributed by atoms with Crippen LogP contribution in [0.1, 0.15) is 31.4 Å². The molecule has 152 valence electrons. The molecule has 0 amide bonds. The largest absolute Gasteiger partial charge is 0.490 e. The Labute approximate surface area is 172 Å². The van der Waals surface area contributed by atoms with E-state index in [1.54, 1.807) is 18.2 Å². The molecule has 2 saturated carbocycles. The van der Waals surface area contributed by atoms with E-state index in [2.05, 4.69) is 25.5 Å². The fourth-order valence-corrected chi connectivity index (χ4v) is 4.51. The molecule has 0 radical (unpaired) electrons. The number of hydrogen-bond acceptors (Lipinski definition) is 7. The van der Waals surface area contributed by atoms with Crippen molar-refractivity contribution in [3.63, 3.8) is 0 Å². The smallest absolute Gasteiger partial charge is 0.158 e. The molecule has 1 aromatic carbocycles. The van der Waals surface area contributed by atoms with Gasteiger partial charge in [-0.25, -0.2) is 14.4 Å². The molecule has 3 aromatic rings. The molecule has 2 aliphatic carbocycles. The van der Waals surface area contributed by atoms with E-state index in [1.807, 2.05) is 6.07 Å². The molecule has 9 heteroatoms. The van der Waals surface area contributed by atoms with Gasteiger partial charge in [0.05, 0.1) is 29.8 Å². The maximum atomic E-state index is 14.7. The molecular weight excluding hydrogens is 385 g/mol. The maximum Gasteiger partial charge on any atom is 0.158 e. The van der Waals surface area contributed by atoms with Gasteiger partial charge in [0.15, 0.2) is 11.5 Å². The zero-order valence-electron chi connectivity index (χ0n) is 16.1. The number of H-pyrrole nitrogens is 1. The number of nitrogens with one attached hydrogen (secondary N) is 2. The summed E-state index contributed by atoms with van der Waals surface area (Å²) >= 11 is 0. The van der Waals surface area contributed by atoms with Crippen molar-refractivity contribution in [2.75, 3.05) is 5.32 Å². The molecule has 0 bridgehead atoms. The van der Waals surface area contributed by atoms with Gasteiger partial charge in [0.25, 0.3) is 0 Å². The van der Waals surface area contributed by atoms with E-state index in [-0.39, 0.29) is 17.6 Å². The van der Waals surface area contributed by atoms with Gasteiger partial charge in [-0.2, -0.15) is 10.4 Å². The first-order chi connectivity index (χ1) is 14.5. The summed E-state index contributed by atoms with van der Waals surface area (Å²) in [5.41, 5.74) is 7.32. The molecule has 4 N–H and O–H groups in total. The van der Waals surface area contributed by atoms with Gasteiger partial charge in [0, 0.05) is 12.1 Å². The Kier molecular flexibility index (Phi) is 4.37. The monoisotopic (exact) mass is 405 g/mol. The number of aromatic nitrogens is 4. The summed E-state index contributed by atoms with van der Waals surface area (Å²) in [7, 11) is 0. The zero-order valence-corrected chi connectivity index (χ0v) is 16.1. The first-order valence-electron chi connectivity index (χ1n) is 9.79. The molecule has 8 nitrogen and oxygen atoms in total. The van der Waals surface area contributed by atoms with Crippen molar-refractivity contribution < 1.29 is 9.13 Å². The summed E-state index contributed by atoms with van der Waals surface area (Å²) in [5, 5.41) is 18.8. The van der Waals surface area contributed by atoms with Gasteiger partial charge in [-0.05, 0) is 43.2 Å². The van der Waals surface area contributed by atoms with E-state index < -0.39 is 0 Å². The number of nitrogens with two attached hydrogens (primary N) is 1. The van der Waals surface area contributed by atoms with E-state index in [0.717, 1.165) is 25.7 Å². The standard InChI is InChI=1S/C21H20FN7O/c22-15-2-1-3-17(30-14-7-21(8-14)5-12(24)6-21)20(15)16-4-18(29-28-16)27-19-11-25-13(9-23)10-26-19/h1-4,10-12,14H,5-8,24H2,(H2,26,27,28,29). The summed E-state index contributed by atoms with van der Waals surface area (Å²) in [6.07, 6.45) is 6.90. The van der Waals surface area contributed by atoms with Crippen LogP contribution in [0.15, 0.2) is 36.7 Å². The first-order valence-corrected chi connectivity index (χ1v) is 9.79. The molecular formula is C21H20FN7O. The van der Waals surface area contributed by atoms with E-state index in [9.17, 15) is 4.39 Å². The van der Waals surface area contributed by atoms with Crippen molar-refractivity contribution in [3.8, 4) is 23.1 Å². The molecule has 2 aromatic heterocycles. The van der Waals surface area contributed by atoms with Gasteiger partial charge in [-0.1, -0.05) is 6.07 Å².